The molecule has 0 atom stereocenters. The van der Waals surface area contributed by atoms with E-state index in [9.17, 15) is 4.79 Å². The van der Waals surface area contributed by atoms with Crippen LogP contribution in [0.3, 0.4) is 0 Å². The molecule has 112 valence electrons. The molecule has 0 unspecified atom stereocenters. The van der Waals surface area contributed by atoms with Gasteiger partial charge >= 0.3 is 0 Å². The van der Waals surface area contributed by atoms with Crippen LogP contribution in [0.15, 0.2) is 48.7 Å². The Hall–Kier alpha value is -2.03. The molecule has 21 heavy (non-hydrogen) atoms. The van der Waals surface area contributed by atoms with E-state index < -0.39 is 0 Å². The third-order valence-corrected chi connectivity index (χ3v) is 3.74. The van der Waals surface area contributed by atoms with Crippen molar-refractivity contribution >= 4 is 5.91 Å². The van der Waals surface area contributed by atoms with Crippen LogP contribution in [-0.2, 0) is 24.8 Å². The van der Waals surface area contributed by atoms with Gasteiger partial charge in [0, 0.05) is 25.5 Å². The van der Waals surface area contributed by atoms with Crippen LogP contribution in [-0.4, -0.2) is 21.9 Å². The van der Waals surface area contributed by atoms with Gasteiger partial charge in [-0.05, 0) is 24.1 Å². The normalized spacial score (nSPS) is 10.6. The highest BCUT2D eigenvalue weighted by atomic mass is 16.2. The molecule has 0 bridgehead atoms. The van der Waals surface area contributed by atoms with Crippen molar-refractivity contribution in [3.8, 4) is 0 Å². The van der Waals surface area contributed by atoms with E-state index in [0.717, 1.165) is 24.9 Å². The summed E-state index contributed by atoms with van der Waals surface area (Å²) in [6.07, 6.45) is 4.65. The zero-order valence-electron chi connectivity index (χ0n) is 13.0. The molecule has 0 aliphatic rings. The standard InChI is InChI=1S/C18H24N2O/c1-3-4-13-20(15-17-11-8-12-19(17)2)18(21)14-16-9-6-5-7-10-16/h5-12H,3-4,13-15H2,1-2H3. The molecule has 1 aromatic carbocycles. The Labute approximate surface area is 127 Å². The molecule has 1 aromatic heterocycles. The molecule has 2 rings (SSSR count). The lowest BCUT2D eigenvalue weighted by Crippen LogP contribution is -2.33. The maximum atomic E-state index is 12.6. The van der Waals surface area contributed by atoms with Crippen LogP contribution in [0, 0.1) is 0 Å². The van der Waals surface area contributed by atoms with Gasteiger partial charge in [-0.1, -0.05) is 43.7 Å². The zero-order chi connectivity index (χ0) is 15.1. The lowest BCUT2D eigenvalue weighted by molar-refractivity contribution is -0.131. The summed E-state index contributed by atoms with van der Waals surface area (Å²) in [7, 11) is 2.02. The number of carbonyl (C=O) groups is 1. The van der Waals surface area contributed by atoms with Crippen LogP contribution >= 0.6 is 0 Å². The average molecular weight is 284 g/mol. The van der Waals surface area contributed by atoms with E-state index in [2.05, 4.69) is 17.6 Å². The van der Waals surface area contributed by atoms with Crippen LogP contribution in [0.5, 0.6) is 0 Å². The lowest BCUT2D eigenvalue weighted by atomic mass is 10.1. The molecule has 0 saturated carbocycles. The first kappa shape index (κ1) is 15.4. The zero-order valence-corrected chi connectivity index (χ0v) is 13.0. The molecular weight excluding hydrogens is 260 g/mol. The van der Waals surface area contributed by atoms with Crippen molar-refractivity contribution in [2.75, 3.05) is 6.54 Å². The molecule has 1 heterocycles. The SMILES string of the molecule is CCCCN(Cc1cccn1C)C(=O)Cc1ccccc1. The molecule has 0 spiro atoms. The summed E-state index contributed by atoms with van der Waals surface area (Å²) in [4.78, 5) is 14.6. The molecule has 3 nitrogen and oxygen atoms in total. The molecule has 2 aromatic rings. The highest BCUT2D eigenvalue weighted by Gasteiger charge is 2.15. The summed E-state index contributed by atoms with van der Waals surface area (Å²) in [5.41, 5.74) is 2.25. The number of hydrogen-bond donors (Lipinski definition) is 0. The lowest BCUT2D eigenvalue weighted by Gasteiger charge is -2.23. The van der Waals surface area contributed by atoms with E-state index >= 15 is 0 Å². The second-order valence-corrected chi connectivity index (χ2v) is 5.44. The fraction of sp³-hybridized carbons (Fsp3) is 0.389. The van der Waals surface area contributed by atoms with Crippen molar-refractivity contribution in [1.29, 1.82) is 0 Å². The predicted molar refractivity (Wildman–Crippen MR) is 85.9 cm³/mol. The van der Waals surface area contributed by atoms with Crippen LogP contribution in [0.25, 0.3) is 0 Å². The van der Waals surface area contributed by atoms with Gasteiger partial charge < -0.3 is 9.47 Å². The number of unbranched alkanes of at least 4 members (excludes halogenated alkanes) is 1. The van der Waals surface area contributed by atoms with E-state index in [0.29, 0.717) is 13.0 Å². The van der Waals surface area contributed by atoms with Crippen LogP contribution in [0.2, 0.25) is 0 Å². The fourth-order valence-corrected chi connectivity index (χ4v) is 2.38. The van der Waals surface area contributed by atoms with Gasteiger partial charge in [-0.2, -0.15) is 0 Å². The molecule has 0 aliphatic carbocycles. The number of aryl methyl sites for hydroxylation is 1. The third-order valence-electron chi connectivity index (χ3n) is 3.74. The first-order valence-corrected chi connectivity index (χ1v) is 7.62. The fourth-order valence-electron chi connectivity index (χ4n) is 2.38. The minimum atomic E-state index is 0.204. The van der Waals surface area contributed by atoms with Gasteiger partial charge in [-0.25, -0.2) is 0 Å². The molecule has 0 N–H and O–H groups in total. The second-order valence-electron chi connectivity index (χ2n) is 5.44. The van der Waals surface area contributed by atoms with Gasteiger partial charge in [0.2, 0.25) is 5.91 Å². The number of benzene rings is 1. The largest absolute Gasteiger partial charge is 0.353 e. The summed E-state index contributed by atoms with van der Waals surface area (Å²) < 4.78 is 2.08. The van der Waals surface area contributed by atoms with Crippen molar-refractivity contribution < 1.29 is 4.79 Å². The first-order chi connectivity index (χ1) is 10.2. The van der Waals surface area contributed by atoms with E-state index in [1.165, 1.54) is 5.69 Å². The minimum absolute atomic E-state index is 0.204. The number of amides is 1. The first-order valence-electron chi connectivity index (χ1n) is 7.62. The topological polar surface area (TPSA) is 25.2 Å². The van der Waals surface area contributed by atoms with Crippen LogP contribution < -0.4 is 0 Å². The van der Waals surface area contributed by atoms with Crippen molar-refractivity contribution in [3.63, 3.8) is 0 Å². The van der Waals surface area contributed by atoms with Gasteiger partial charge in [-0.15, -0.1) is 0 Å². The van der Waals surface area contributed by atoms with Gasteiger partial charge in [0.1, 0.15) is 0 Å². The van der Waals surface area contributed by atoms with Crippen molar-refractivity contribution in [1.82, 2.24) is 9.47 Å². The minimum Gasteiger partial charge on any atom is -0.353 e. The van der Waals surface area contributed by atoms with E-state index in [4.69, 9.17) is 0 Å². The average Bonchev–Trinajstić information content (AvgIpc) is 2.89. The number of carbonyl (C=O) groups excluding carboxylic acids is 1. The van der Waals surface area contributed by atoms with Gasteiger partial charge in [0.05, 0.1) is 13.0 Å². The quantitative estimate of drug-likeness (QED) is 0.765. The highest BCUT2D eigenvalue weighted by molar-refractivity contribution is 5.78. The predicted octanol–water partition coefficient (Wildman–Crippen LogP) is 3.40. The Morgan fingerprint density at radius 3 is 2.52 bits per heavy atom. The van der Waals surface area contributed by atoms with Gasteiger partial charge in [0.25, 0.3) is 0 Å². The molecule has 0 fully saturated rings. The van der Waals surface area contributed by atoms with Crippen molar-refractivity contribution in [2.45, 2.75) is 32.7 Å². The summed E-state index contributed by atoms with van der Waals surface area (Å²) in [5, 5.41) is 0. The Balaban J connectivity index is 2.04. The monoisotopic (exact) mass is 284 g/mol. The van der Waals surface area contributed by atoms with Gasteiger partial charge in [-0.3, -0.25) is 4.79 Å². The summed E-state index contributed by atoms with van der Waals surface area (Å²) in [6, 6.07) is 14.1. The maximum absolute atomic E-state index is 12.6. The molecule has 0 radical (unpaired) electrons. The molecular formula is C18H24N2O. The number of nitrogens with zero attached hydrogens (tertiary/aromatic N) is 2. The third kappa shape index (κ3) is 4.48. The molecule has 0 aliphatic heterocycles. The van der Waals surface area contributed by atoms with Crippen molar-refractivity contribution in [3.05, 3.63) is 59.9 Å². The van der Waals surface area contributed by atoms with Crippen molar-refractivity contribution in [2.24, 2.45) is 7.05 Å². The number of aromatic nitrogens is 1. The molecule has 0 saturated heterocycles. The summed E-state index contributed by atoms with van der Waals surface area (Å²) in [5.74, 6) is 0.204. The van der Waals surface area contributed by atoms with Crippen LogP contribution in [0.1, 0.15) is 31.0 Å². The Morgan fingerprint density at radius 2 is 1.90 bits per heavy atom. The smallest absolute Gasteiger partial charge is 0.227 e. The van der Waals surface area contributed by atoms with Gasteiger partial charge in [0.15, 0.2) is 0 Å². The van der Waals surface area contributed by atoms with Crippen LogP contribution in [0.4, 0.5) is 0 Å². The Morgan fingerprint density at radius 1 is 1.14 bits per heavy atom. The maximum Gasteiger partial charge on any atom is 0.227 e. The summed E-state index contributed by atoms with van der Waals surface area (Å²) >= 11 is 0. The summed E-state index contributed by atoms with van der Waals surface area (Å²) in [6.45, 7) is 3.67. The molecule has 1 amide bonds. The number of rotatable bonds is 7. The molecule has 3 heteroatoms. The van der Waals surface area contributed by atoms with E-state index in [1.807, 2.05) is 54.5 Å². The Bertz CT molecular complexity index is 560. The number of hydrogen-bond acceptors (Lipinski definition) is 1. The second kappa shape index (κ2) is 7.67. The Kier molecular flexibility index (Phi) is 5.61. The highest BCUT2D eigenvalue weighted by Crippen LogP contribution is 2.10. The van der Waals surface area contributed by atoms with E-state index in [1.54, 1.807) is 0 Å². The van der Waals surface area contributed by atoms with E-state index in [-0.39, 0.29) is 5.91 Å².